The number of carboxylic acids is 1. The van der Waals surface area contributed by atoms with E-state index in [9.17, 15) is 4.79 Å². The number of carbonyl (C=O) groups is 1. The first-order chi connectivity index (χ1) is 15.6. The Hall–Kier alpha value is -3.28. The lowest BCUT2D eigenvalue weighted by Crippen LogP contribution is -2.06. The maximum atomic E-state index is 10.9. The molecule has 0 aliphatic carbocycles. The van der Waals surface area contributed by atoms with Crippen molar-refractivity contribution >= 4 is 5.97 Å². The van der Waals surface area contributed by atoms with Gasteiger partial charge in [0.2, 0.25) is 5.89 Å². The number of aliphatic carboxylic acids is 1. The van der Waals surface area contributed by atoms with Crippen LogP contribution in [0, 0.1) is 6.92 Å². The molecule has 0 saturated heterocycles. The molecule has 1 heterocycles. The van der Waals surface area contributed by atoms with Gasteiger partial charge in [-0.3, -0.25) is 4.79 Å². The molecule has 2 aromatic carbocycles. The predicted octanol–water partition coefficient (Wildman–Crippen LogP) is 6.72. The van der Waals surface area contributed by atoms with Gasteiger partial charge < -0.3 is 19.0 Å². The number of carboxylic acid groups (broad SMARTS) is 1. The number of aryl methyl sites for hydroxylation is 2. The number of ether oxygens (including phenoxy) is 2. The van der Waals surface area contributed by atoms with E-state index < -0.39 is 5.97 Å². The van der Waals surface area contributed by atoms with Crippen LogP contribution < -0.4 is 9.47 Å². The molecule has 3 rings (SSSR count). The average molecular weight is 452 g/mol. The second-order valence-electron chi connectivity index (χ2n) is 8.86. The maximum absolute atomic E-state index is 10.9. The number of hydrogen-bond donors (Lipinski definition) is 1. The van der Waals surface area contributed by atoms with Crippen LogP contribution in [0.5, 0.6) is 11.5 Å². The molecule has 3 aromatic rings. The van der Waals surface area contributed by atoms with Gasteiger partial charge in [0.05, 0.1) is 11.8 Å². The van der Waals surface area contributed by atoms with E-state index in [2.05, 4.69) is 13.8 Å². The molecule has 0 aliphatic heterocycles. The molecule has 33 heavy (non-hydrogen) atoms. The number of benzene rings is 2. The van der Waals surface area contributed by atoms with E-state index in [4.69, 9.17) is 24.0 Å². The third-order valence-electron chi connectivity index (χ3n) is 5.29. The Morgan fingerprint density at radius 2 is 1.76 bits per heavy atom. The molecule has 0 aliphatic rings. The number of oxazole rings is 1. The van der Waals surface area contributed by atoms with Gasteiger partial charge in [-0.1, -0.05) is 26.0 Å². The molecule has 0 bridgehead atoms. The summed E-state index contributed by atoms with van der Waals surface area (Å²) in [6, 6.07) is 13.5. The molecule has 1 N–H and O–H groups in total. The van der Waals surface area contributed by atoms with Crippen LogP contribution in [-0.4, -0.2) is 22.2 Å². The van der Waals surface area contributed by atoms with Crippen molar-refractivity contribution in [1.82, 2.24) is 4.98 Å². The standard InChI is InChI=1S/C27H33NO5/c1-16(2)25-26(33-27(28-25)21-8-7-9-22(15-21)31-17(3)4)19(6)32-23-12-10-20(18(5)14-23)11-13-24(29)30/h7-10,12,14-17,19H,11,13H2,1-6H3,(H,29,30). The summed E-state index contributed by atoms with van der Waals surface area (Å²) >= 11 is 0. The molecule has 176 valence electrons. The fourth-order valence-corrected chi connectivity index (χ4v) is 3.67. The van der Waals surface area contributed by atoms with E-state index in [1.165, 1.54) is 0 Å². The molecular formula is C27H33NO5. The van der Waals surface area contributed by atoms with E-state index in [1.807, 2.05) is 70.2 Å². The molecule has 0 saturated carbocycles. The fraction of sp³-hybridized carbons (Fsp3) is 0.407. The smallest absolute Gasteiger partial charge is 0.303 e. The van der Waals surface area contributed by atoms with Crippen LogP contribution in [0.3, 0.4) is 0 Å². The Balaban J connectivity index is 1.83. The predicted molar refractivity (Wildman–Crippen MR) is 128 cm³/mol. The summed E-state index contributed by atoms with van der Waals surface area (Å²) in [5.41, 5.74) is 3.73. The van der Waals surface area contributed by atoms with E-state index in [0.717, 1.165) is 28.1 Å². The maximum Gasteiger partial charge on any atom is 0.303 e. The zero-order valence-electron chi connectivity index (χ0n) is 20.2. The summed E-state index contributed by atoms with van der Waals surface area (Å²) in [6.07, 6.45) is 0.348. The highest BCUT2D eigenvalue weighted by Crippen LogP contribution is 2.34. The SMILES string of the molecule is Cc1cc(OC(C)c2oc(-c3cccc(OC(C)C)c3)nc2C(C)C)ccc1CCC(=O)O. The van der Waals surface area contributed by atoms with Gasteiger partial charge in [-0.2, -0.15) is 0 Å². The monoisotopic (exact) mass is 451 g/mol. The number of nitrogens with zero attached hydrogens (tertiary/aromatic N) is 1. The third-order valence-corrected chi connectivity index (χ3v) is 5.29. The quantitative estimate of drug-likeness (QED) is 0.368. The van der Waals surface area contributed by atoms with E-state index in [0.29, 0.717) is 23.8 Å². The summed E-state index contributed by atoms with van der Waals surface area (Å²) in [5, 5.41) is 8.93. The number of hydrogen-bond acceptors (Lipinski definition) is 5. The number of rotatable bonds is 10. The Labute approximate surface area is 195 Å². The van der Waals surface area contributed by atoms with Gasteiger partial charge in [0.25, 0.3) is 0 Å². The second-order valence-corrected chi connectivity index (χ2v) is 8.86. The van der Waals surface area contributed by atoms with Crippen LogP contribution in [0.1, 0.15) is 75.6 Å². The fourth-order valence-electron chi connectivity index (χ4n) is 3.67. The first-order valence-corrected chi connectivity index (χ1v) is 11.4. The molecule has 0 radical (unpaired) electrons. The highest BCUT2D eigenvalue weighted by molar-refractivity contribution is 5.67. The van der Waals surface area contributed by atoms with E-state index in [-0.39, 0.29) is 24.5 Å². The highest BCUT2D eigenvalue weighted by Gasteiger charge is 2.24. The lowest BCUT2D eigenvalue weighted by Gasteiger charge is -2.16. The number of aromatic nitrogens is 1. The van der Waals surface area contributed by atoms with Gasteiger partial charge in [-0.25, -0.2) is 4.98 Å². The van der Waals surface area contributed by atoms with Crippen molar-refractivity contribution in [2.24, 2.45) is 0 Å². The highest BCUT2D eigenvalue weighted by atomic mass is 16.5. The Morgan fingerprint density at radius 1 is 1.03 bits per heavy atom. The largest absolute Gasteiger partial charge is 0.491 e. The van der Waals surface area contributed by atoms with Crippen molar-refractivity contribution in [3.05, 3.63) is 65.0 Å². The topological polar surface area (TPSA) is 81.8 Å². The van der Waals surface area contributed by atoms with Crippen molar-refractivity contribution in [2.75, 3.05) is 0 Å². The molecule has 6 nitrogen and oxygen atoms in total. The third kappa shape index (κ3) is 6.37. The van der Waals surface area contributed by atoms with Crippen LogP contribution in [0.4, 0.5) is 0 Å². The first kappa shape index (κ1) is 24.4. The summed E-state index contributed by atoms with van der Waals surface area (Å²) < 4.78 is 18.2. The van der Waals surface area contributed by atoms with Crippen molar-refractivity contribution in [3.63, 3.8) is 0 Å². The van der Waals surface area contributed by atoms with Gasteiger partial charge in [-0.05, 0) is 81.5 Å². The molecule has 6 heteroatoms. The van der Waals surface area contributed by atoms with Crippen LogP contribution in [0.15, 0.2) is 46.9 Å². The van der Waals surface area contributed by atoms with Gasteiger partial charge in [0, 0.05) is 12.0 Å². The van der Waals surface area contributed by atoms with Crippen LogP contribution >= 0.6 is 0 Å². The zero-order chi connectivity index (χ0) is 24.1. The molecular weight excluding hydrogens is 418 g/mol. The van der Waals surface area contributed by atoms with Gasteiger partial charge in [-0.15, -0.1) is 0 Å². The van der Waals surface area contributed by atoms with Gasteiger partial charge >= 0.3 is 5.97 Å². The summed E-state index contributed by atoms with van der Waals surface area (Å²) in [4.78, 5) is 15.6. The van der Waals surface area contributed by atoms with Crippen molar-refractivity contribution in [1.29, 1.82) is 0 Å². The Morgan fingerprint density at radius 3 is 2.39 bits per heavy atom. The molecule has 1 aromatic heterocycles. The lowest BCUT2D eigenvalue weighted by molar-refractivity contribution is -0.136. The molecule has 1 atom stereocenters. The minimum Gasteiger partial charge on any atom is -0.491 e. The van der Waals surface area contributed by atoms with Crippen molar-refractivity contribution < 1.29 is 23.8 Å². The van der Waals surface area contributed by atoms with Crippen LogP contribution in [0.2, 0.25) is 0 Å². The first-order valence-electron chi connectivity index (χ1n) is 11.4. The molecule has 0 amide bonds. The summed E-state index contributed by atoms with van der Waals surface area (Å²) in [6.45, 7) is 12.1. The normalized spacial score (nSPS) is 12.2. The van der Waals surface area contributed by atoms with Crippen molar-refractivity contribution in [2.45, 2.75) is 72.5 Å². The van der Waals surface area contributed by atoms with Crippen LogP contribution in [0.25, 0.3) is 11.5 Å². The summed E-state index contributed by atoms with van der Waals surface area (Å²) in [5.74, 6) is 2.09. The van der Waals surface area contributed by atoms with Gasteiger partial charge in [0.15, 0.2) is 11.9 Å². The molecule has 0 fully saturated rings. The Bertz CT molecular complexity index is 1100. The second kappa shape index (κ2) is 10.6. The zero-order valence-corrected chi connectivity index (χ0v) is 20.2. The minimum atomic E-state index is -0.799. The molecule has 1 unspecified atom stereocenters. The molecule has 0 spiro atoms. The van der Waals surface area contributed by atoms with Crippen molar-refractivity contribution in [3.8, 4) is 23.0 Å². The van der Waals surface area contributed by atoms with Gasteiger partial charge in [0.1, 0.15) is 11.5 Å². The van der Waals surface area contributed by atoms with E-state index in [1.54, 1.807) is 0 Å². The van der Waals surface area contributed by atoms with E-state index >= 15 is 0 Å². The summed E-state index contributed by atoms with van der Waals surface area (Å²) in [7, 11) is 0. The lowest BCUT2D eigenvalue weighted by atomic mass is 10.0. The van der Waals surface area contributed by atoms with Crippen LogP contribution in [-0.2, 0) is 11.2 Å². The Kier molecular flexibility index (Phi) is 7.79. The average Bonchev–Trinajstić information content (AvgIpc) is 3.19. The minimum absolute atomic E-state index is 0.0824.